The van der Waals surface area contributed by atoms with Gasteiger partial charge in [-0.25, -0.2) is 4.98 Å². The van der Waals surface area contributed by atoms with Gasteiger partial charge in [-0.3, -0.25) is 0 Å². The third kappa shape index (κ3) is 4.25. The van der Waals surface area contributed by atoms with Gasteiger partial charge in [-0.05, 0) is 18.8 Å². The first-order chi connectivity index (χ1) is 7.42. The van der Waals surface area contributed by atoms with Crippen LogP contribution in [0.25, 0.3) is 0 Å². The third-order valence-corrected chi connectivity index (χ3v) is 2.36. The van der Waals surface area contributed by atoms with Crippen LogP contribution in [-0.4, -0.2) is 16.1 Å². The summed E-state index contributed by atoms with van der Waals surface area (Å²) >= 11 is 0. The molecule has 92 valence electrons. The molecular formula is C13H25N3. The van der Waals surface area contributed by atoms with Gasteiger partial charge >= 0.3 is 0 Å². The Morgan fingerprint density at radius 1 is 1.38 bits per heavy atom. The van der Waals surface area contributed by atoms with Crippen molar-refractivity contribution in [1.29, 1.82) is 0 Å². The van der Waals surface area contributed by atoms with Crippen molar-refractivity contribution in [3.05, 3.63) is 11.9 Å². The number of hydrogen-bond acceptors (Lipinski definition) is 2. The molecule has 0 saturated heterocycles. The van der Waals surface area contributed by atoms with E-state index < -0.39 is 0 Å². The molecule has 0 atom stereocenters. The van der Waals surface area contributed by atoms with E-state index >= 15 is 0 Å². The number of rotatable bonds is 5. The highest BCUT2D eigenvalue weighted by Gasteiger charge is 2.14. The molecule has 0 spiro atoms. The second kappa shape index (κ2) is 5.37. The first-order valence-corrected chi connectivity index (χ1v) is 6.20. The molecule has 0 aliphatic rings. The SMILES string of the molecule is CCCCNc1nc(C)cn1CC(C)(C)C. The molecule has 3 heteroatoms. The Bertz CT molecular complexity index is 320. The van der Waals surface area contributed by atoms with Gasteiger partial charge in [-0.1, -0.05) is 34.1 Å². The van der Waals surface area contributed by atoms with Crippen LogP contribution in [0, 0.1) is 12.3 Å². The van der Waals surface area contributed by atoms with Crippen molar-refractivity contribution in [2.24, 2.45) is 5.41 Å². The second-order valence-electron chi connectivity index (χ2n) is 5.67. The molecule has 0 aliphatic heterocycles. The summed E-state index contributed by atoms with van der Waals surface area (Å²) in [6, 6.07) is 0. The molecule has 1 aromatic rings. The van der Waals surface area contributed by atoms with Gasteiger partial charge in [0.2, 0.25) is 5.95 Å². The van der Waals surface area contributed by atoms with Gasteiger partial charge < -0.3 is 9.88 Å². The number of aromatic nitrogens is 2. The highest BCUT2D eigenvalue weighted by Crippen LogP contribution is 2.20. The molecule has 0 unspecified atom stereocenters. The van der Waals surface area contributed by atoms with E-state index in [1.165, 1.54) is 12.8 Å². The minimum atomic E-state index is 0.286. The van der Waals surface area contributed by atoms with Crippen molar-refractivity contribution in [3.63, 3.8) is 0 Å². The molecule has 0 aliphatic carbocycles. The van der Waals surface area contributed by atoms with Gasteiger partial charge in [-0.15, -0.1) is 0 Å². The van der Waals surface area contributed by atoms with Crippen LogP contribution < -0.4 is 5.32 Å². The molecule has 1 N–H and O–H groups in total. The Labute approximate surface area is 99.3 Å². The number of anilines is 1. The van der Waals surface area contributed by atoms with Crippen LogP contribution in [0.4, 0.5) is 5.95 Å². The molecule has 1 aromatic heterocycles. The summed E-state index contributed by atoms with van der Waals surface area (Å²) in [5, 5.41) is 3.41. The Hall–Kier alpha value is -0.990. The minimum Gasteiger partial charge on any atom is -0.356 e. The molecule has 0 saturated carbocycles. The fraction of sp³-hybridized carbons (Fsp3) is 0.769. The van der Waals surface area contributed by atoms with Crippen molar-refractivity contribution in [2.45, 2.75) is 54.0 Å². The predicted molar refractivity (Wildman–Crippen MR) is 69.8 cm³/mol. The van der Waals surface area contributed by atoms with Gasteiger partial charge in [0, 0.05) is 19.3 Å². The van der Waals surface area contributed by atoms with Crippen molar-refractivity contribution in [1.82, 2.24) is 9.55 Å². The summed E-state index contributed by atoms with van der Waals surface area (Å²) in [6.45, 7) is 13.0. The average Bonchev–Trinajstić information content (AvgIpc) is 2.44. The van der Waals surface area contributed by atoms with Crippen LogP contribution >= 0.6 is 0 Å². The number of nitrogens with one attached hydrogen (secondary N) is 1. The minimum absolute atomic E-state index is 0.286. The third-order valence-electron chi connectivity index (χ3n) is 2.36. The van der Waals surface area contributed by atoms with Gasteiger partial charge in [-0.2, -0.15) is 0 Å². The maximum atomic E-state index is 4.52. The standard InChI is InChI=1S/C13H25N3/c1-6-7-8-14-12-15-11(2)9-16(12)10-13(3,4)5/h9H,6-8,10H2,1-5H3,(H,14,15). The molecule has 16 heavy (non-hydrogen) atoms. The van der Waals surface area contributed by atoms with Crippen LogP contribution in [0.3, 0.4) is 0 Å². The monoisotopic (exact) mass is 223 g/mol. The smallest absolute Gasteiger partial charge is 0.203 e. The lowest BCUT2D eigenvalue weighted by Gasteiger charge is -2.20. The highest BCUT2D eigenvalue weighted by atomic mass is 15.2. The van der Waals surface area contributed by atoms with E-state index in [1.807, 2.05) is 6.92 Å². The van der Waals surface area contributed by atoms with Crippen LogP contribution in [-0.2, 0) is 6.54 Å². The first kappa shape index (κ1) is 13.1. The Balaban J connectivity index is 2.67. The van der Waals surface area contributed by atoms with E-state index in [4.69, 9.17) is 0 Å². The lowest BCUT2D eigenvalue weighted by atomic mass is 9.97. The first-order valence-electron chi connectivity index (χ1n) is 6.20. The van der Waals surface area contributed by atoms with Crippen molar-refractivity contribution < 1.29 is 0 Å². The molecule has 0 fully saturated rings. The fourth-order valence-corrected chi connectivity index (χ4v) is 1.70. The summed E-state index contributed by atoms with van der Waals surface area (Å²) in [7, 11) is 0. The molecule has 0 aromatic carbocycles. The summed E-state index contributed by atoms with van der Waals surface area (Å²) in [6.07, 6.45) is 4.53. The zero-order valence-corrected chi connectivity index (χ0v) is 11.3. The van der Waals surface area contributed by atoms with E-state index in [2.05, 4.69) is 48.8 Å². The molecule has 0 bridgehead atoms. The van der Waals surface area contributed by atoms with E-state index in [0.29, 0.717) is 0 Å². The normalized spacial score (nSPS) is 11.8. The Kier molecular flexibility index (Phi) is 4.39. The topological polar surface area (TPSA) is 29.9 Å². The van der Waals surface area contributed by atoms with Crippen molar-refractivity contribution in [3.8, 4) is 0 Å². The van der Waals surface area contributed by atoms with Crippen LogP contribution in [0.5, 0.6) is 0 Å². The van der Waals surface area contributed by atoms with Gasteiger partial charge in [0.1, 0.15) is 0 Å². The highest BCUT2D eigenvalue weighted by molar-refractivity contribution is 5.28. The zero-order chi connectivity index (χ0) is 12.2. The summed E-state index contributed by atoms with van der Waals surface area (Å²) in [4.78, 5) is 4.52. The average molecular weight is 223 g/mol. The second-order valence-corrected chi connectivity index (χ2v) is 5.67. The molecule has 3 nitrogen and oxygen atoms in total. The number of hydrogen-bond donors (Lipinski definition) is 1. The van der Waals surface area contributed by atoms with Crippen LogP contribution in [0.15, 0.2) is 6.20 Å². The zero-order valence-electron chi connectivity index (χ0n) is 11.3. The summed E-state index contributed by atoms with van der Waals surface area (Å²) < 4.78 is 2.23. The van der Waals surface area contributed by atoms with Gasteiger partial charge in [0.15, 0.2) is 0 Å². The van der Waals surface area contributed by atoms with Crippen LogP contribution in [0.2, 0.25) is 0 Å². The number of nitrogens with zero attached hydrogens (tertiary/aromatic N) is 2. The number of unbranched alkanes of at least 4 members (excludes halogenated alkanes) is 1. The van der Waals surface area contributed by atoms with E-state index in [0.717, 1.165) is 24.7 Å². The number of aryl methyl sites for hydroxylation is 1. The quantitative estimate of drug-likeness (QED) is 0.775. The van der Waals surface area contributed by atoms with Gasteiger partial charge in [0.05, 0.1) is 5.69 Å². The largest absolute Gasteiger partial charge is 0.356 e. The molecule has 1 heterocycles. The maximum absolute atomic E-state index is 4.52. The van der Waals surface area contributed by atoms with Crippen LogP contribution in [0.1, 0.15) is 46.2 Å². The Morgan fingerprint density at radius 3 is 2.62 bits per heavy atom. The lowest BCUT2D eigenvalue weighted by molar-refractivity contribution is 0.345. The molecule has 1 rings (SSSR count). The van der Waals surface area contributed by atoms with E-state index in [-0.39, 0.29) is 5.41 Å². The fourth-order valence-electron chi connectivity index (χ4n) is 1.70. The van der Waals surface area contributed by atoms with Crippen molar-refractivity contribution in [2.75, 3.05) is 11.9 Å². The molecule has 0 amide bonds. The van der Waals surface area contributed by atoms with Crippen molar-refractivity contribution >= 4 is 5.95 Å². The molecular weight excluding hydrogens is 198 g/mol. The maximum Gasteiger partial charge on any atom is 0.203 e. The van der Waals surface area contributed by atoms with E-state index in [1.54, 1.807) is 0 Å². The Morgan fingerprint density at radius 2 is 2.06 bits per heavy atom. The summed E-state index contributed by atoms with van der Waals surface area (Å²) in [5.41, 5.74) is 1.37. The van der Waals surface area contributed by atoms with E-state index in [9.17, 15) is 0 Å². The van der Waals surface area contributed by atoms with Gasteiger partial charge in [0.25, 0.3) is 0 Å². The summed E-state index contributed by atoms with van der Waals surface area (Å²) in [5.74, 6) is 1.01. The predicted octanol–water partition coefficient (Wildman–Crippen LogP) is 3.45. The molecule has 0 radical (unpaired) electrons. The number of imidazole rings is 1. The lowest BCUT2D eigenvalue weighted by Crippen LogP contribution is -2.17.